The summed E-state index contributed by atoms with van der Waals surface area (Å²) in [5.74, 6) is -0.659. The zero-order valence-electron chi connectivity index (χ0n) is 18.0. The number of carboxylic acid groups (broad SMARTS) is 1. The van der Waals surface area contributed by atoms with Crippen molar-refractivity contribution in [2.45, 2.75) is 123 Å². The van der Waals surface area contributed by atoms with Gasteiger partial charge in [0, 0.05) is 14.5 Å². The molecule has 0 unspecified atom stereocenters. The Bertz CT molecular complexity index is 377. The highest BCUT2D eigenvalue weighted by atomic mass is 28.4. The largest absolute Gasteiger partial charge is 0.481 e. The third kappa shape index (κ3) is 18.9. The summed E-state index contributed by atoms with van der Waals surface area (Å²) in [7, 11) is -4.04. The maximum atomic E-state index is 10.4. The van der Waals surface area contributed by atoms with Gasteiger partial charge in [-0.1, -0.05) is 71.5 Å². The van der Waals surface area contributed by atoms with Gasteiger partial charge in [-0.15, -0.1) is 0 Å². The van der Waals surface area contributed by atoms with Crippen molar-refractivity contribution >= 4 is 30.7 Å². The number of hydrogen-bond acceptors (Lipinski definition) is 2. The second kappa shape index (κ2) is 13.3. The monoisotopic (exact) mass is 420 g/mol. The van der Waals surface area contributed by atoms with Crippen LogP contribution in [0.3, 0.4) is 0 Å². The van der Waals surface area contributed by atoms with E-state index in [0.717, 1.165) is 12.8 Å². The molecule has 3 nitrogen and oxygen atoms in total. The standard InChI is InChI=1S/C19H44O3Si3.CH4/c1-23(2,3)22-25(6,7)18-24(4,5)17-15-13-11-9-8-10-12-14-16-19(20)21;/h8-18H2,1-7H3,(H,20,21);1H4. The van der Waals surface area contributed by atoms with Crippen LogP contribution in [0, 0.1) is 0 Å². The molecule has 0 aromatic heterocycles. The number of rotatable bonds is 15. The third-order valence-corrected chi connectivity index (χ3v) is 18.1. The number of unbranched alkanes of at least 4 members (excludes halogenated alkanes) is 7. The first kappa shape index (κ1) is 28.3. The molecule has 0 aliphatic carbocycles. The van der Waals surface area contributed by atoms with Gasteiger partial charge >= 0.3 is 5.97 Å². The lowest BCUT2D eigenvalue weighted by Gasteiger charge is -2.37. The van der Waals surface area contributed by atoms with Gasteiger partial charge in [0.2, 0.25) is 0 Å². The molecule has 0 saturated heterocycles. The summed E-state index contributed by atoms with van der Waals surface area (Å²) in [6.45, 7) is 16.9. The predicted molar refractivity (Wildman–Crippen MR) is 125 cm³/mol. The smallest absolute Gasteiger partial charge is 0.303 e. The molecule has 6 heteroatoms. The van der Waals surface area contributed by atoms with Crippen molar-refractivity contribution in [3.05, 3.63) is 0 Å². The second-order valence-electron chi connectivity index (χ2n) is 10.0. The van der Waals surface area contributed by atoms with E-state index < -0.39 is 30.7 Å². The minimum Gasteiger partial charge on any atom is -0.481 e. The molecule has 26 heavy (non-hydrogen) atoms. The molecule has 1 N–H and O–H groups in total. The summed E-state index contributed by atoms with van der Waals surface area (Å²) in [6, 6.07) is 1.44. The van der Waals surface area contributed by atoms with E-state index in [1.807, 2.05) is 0 Å². The topological polar surface area (TPSA) is 46.5 Å². The van der Waals surface area contributed by atoms with E-state index in [2.05, 4.69) is 45.8 Å². The van der Waals surface area contributed by atoms with E-state index in [9.17, 15) is 4.79 Å². The van der Waals surface area contributed by atoms with E-state index in [1.54, 1.807) is 0 Å². The van der Waals surface area contributed by atoms with Crippen LogP contribution in [-0.4, -0.2) is 35.8 Å². The first-order chi connectivity index (χ1) is 11.3. The van der Waals surface area contributed by atoms with Crippen molar-refractivity contribution < 1.29 is 14.0 Å². The van der Waals surface area contributed by atoms with E-state index >= 15 is 0 Å². The quantitative estimate of drug-likeness (QED) is 0.220. The molecule has 158 valence electrons. The van der Waals surface area contributed by atoms with Crippen molar-refractivity contribution in [2.75, 3.05) is 0 Å². The van der Waals surface area contributed by atoms with Crippen molar-refractivity contribution in [1.29, 1.82) is 0 Å². The maximum absolute atomic E-state index is 10.4. The Morgan fingerprint density at radius 3 is 1.62 bits per heavy atom. The number of carbonyl (C=O) groups is 1. The van der Waals surface area contributed by atoms with Crippen LogP contribution in [0.4, 0.5) is 0 Å². The zero-order valence-corrected chi connectivity index (χ0v) is 21.0. The minimum absolute atomic E-state index is 0. The third-order valence-electron chi connectivity index (χ3n) is 4.48. The van der Waals surface area contributed by atoms with Gasteiger partial charge in [0.1, 0.15) is 0 Å². The molecule has 0 radical (unpaired) electrons. The maximum Gasteiger partial charge on any atom is 0.303 e. The first-order valence-corrected chi connectivity index (χ1v) is 20.2. The van der Waals surface area contributed by atoms with Gasteiger partial charge in [-0.3, -0.25) is 4.79 Å². The van der Waals surface area contributed by atoms with Crippen LogP contribution in [0.1, 0.15) is 65.2 Å². The first-order valence-electron chi connectivity index (χ1n) is 10.3. The molecule has 0 aliphatic heterocycles. The highest BCUT2D eigenvalue weighted by Crippen LogP contribution is 2.28. The fourth-order valence-electron chi connectivity index (χ4n) is 4.05. The molecule has 0 bridgehead atoms. The lowest BCUT2D eigenvalue weighted by Crippen LogP contribution is -2.47. The van der Waals surface area contributed by atoms with Crippen LogP contribution >= 0.6 is 0 Å². The van der Waals surface area contributed by atoms with Crippen molar-refractivity contribution in [1.82, 2.24) is 0 Å². The molecule has 0 atom stereocenters. The van der Waals surface area contributed by atoms with Crippen LogP contribution in [0.5, 0.6) is 0 Å². The summed E-state index contributed by atoms with van der Waals surface area (Å²) in [4.78, 5) is 10.4. The Morgan fingerprint density at radius 2 is 1.19 bits per heavy atom. The lowest BCUT2D eigenvalue weighted by atomic mass is 10.1. The van der Waals surface area contributed by atoms with Crippen molar-refractivity contribution in [3.63, 3.8) is 0 Å². The Kier molecular flexibility index (Phi) is 14.5. The van der Waals surface area contributed by atoms with Crippen LogP contribution in [0.25, 0.3) is 0 Å². The Balaban J connectivity index is 0. The molecular weight excluding hydrogens is 372 g/mol. The number of carboxylic acids is 1. The molecule has 0 aliphatic rings. The van der Waals surface area contributed by atoms with Crippen LogP contribution < -0.4 is 0 Å². The average molecular weight is 421 g/mol. The highest BCUT2D eigenvalue weighted by Gasteiger charge is 2.36. The van der Waals surface area contributed by atoms with Gasteiger partial charge in [0.25, 0.3) is 0 Å². The minimum atomic E-state index is -1.49. The number of aliphatic carboxylic acids is 1. The Hall–Kier alpha value is 0.0806. The molecule has 0 rings (SSSR count). The molecule has 0 heterocycles. The molecule has 0 aromatic rings. The van der Waals surface area contributed by atoms with Crippen LogP contribution in [-0.2, 0) is 8.91 Å². The van der Waals surface area contributed by atoms with Gasteiger partial charge in [0.05, 0.1) is 0 Å². The molecule has 0 aromatic carbocycles. The van der Waals surface area contributed by atoms with Gasteiger partial charge < -0.3 is 9.22 Å². The molecule has 0 fully saturated rings. The SMILES string of the molecule is C.C[Si](C)(CCCCCCCCCCC(=O)O)C[Si](C)(C)O[Si](C)(C)C. The van der Waals surface area contributed by atoms with Gasteiger partial charge in [-0.25, -0.2) is 0 Å². The summed E-state index contributed by atoms with van der Waals surface area (Å²) < 4.78 is 6.54. The van der Waals surface area contributed by atoms with E-state index in [0.29, 0.717) is 6.42 Å². The number of hydrogen-bond donors (Lipinski definition) is 1. The normalized spacial score (nSPS) is 12.7. The summed E-state index contributed by atoms with van der Waals surface area (Å²) in [5, 5.41) is 8.60. The fraction of sp³-hybridized carbons (Fsp3) is 0.950. The van der Waals surface area contributed by atoms with E-state index in [1.165, 1.54) is 50.2 Å². The van der Waals surface area contributed by atoms with Crippen molar-refractivity contribution in [2.24, 2.45) is 0 Å². The summed E-state index contributed by atoms with van der Waals surface area (Å²) >= 11 is 0. The van der Waals surface area contributed by atoms with E-state index in [-0.39, 0.29) is 7.43 Å². The fourth-order valence-corrected chi connectivity index (χ4v) is 22.7. The zero-order chi connectivity index (χ0) is 19.6. The average Bonchev–Trinajstić information content (AvgIpc) is 2.36. The lowest BCUT2D eigenvalue weighted by molar-refractivity contribution is -0.137. The highest BCUT2D eigenvalue weighted by molar-refractivity contribution is 6.95. The molecular formula is C20H48O3Si3. The summed E-state index contributed by atoms with van der Waals surface area (Å²) in [6.07, 6.45) is 10.1. The Labute approximate surface area is 167 Å². The molecule has 0 spiro atoms. The van der Waals surface area contributed by atoms with Gasteiger partial charge in [-0.2, -0.15) is 0 Å². The van der Waals surface area contributed by atoms with Crippen molar-refractivity contribution in [3.8, 4) is 0 Å². The predicted octanol–water partition coefficient (Wildman–Crippen LogP) is 7.52. The second-order valence-corrected chi connectivity index (χ2v) is 24.8. The molecule has 0 amide bonds. The van der Waals surface area contributed by atoms with Crippen LogP contribution in [0.15, 0.2) is 0 Å². The molecule has 0 saturated carbocycles. The van der Waals surface area contributed by atoms with E-state index in [4.69, 9.17) is 9.22 Å². The van der Waals surface area contributed by atoms with Crippen LogP contribution in [0.2, 0.25) is 57.5 Å². The summed E-state index contributed by atoms with van der Waals surface area (Å²) in [5.41, 5.74) is 1.40. The van der Waals surface area contributed by atoms with Gasteiger partial charge in [-0.05, 0) is 44.8 Å². The van der Waals surface area contributed by atoms with Gasteiger partial charge in [0.15, 0.2) is 16.6 Å². The Morgan fingerprint density at radius 1 is 0.769 bits per heavy atom.